The minimum atomic E-state index is -0.248. The number of pyridine rings is 1. The molecule has 0 aliphatic carbocycles. The summed E-state index contributed by atoms with van der Waals surface area (Å²) < 4.78 is 5.31. The number of carbonyl (C=O) groups is 2. The van der Waals surface area contributed by atoms with Gasteiger partial charge in [0.15, 0.2) is 0 Å². The molecule has 1 aromatic rings. The molecule has 5 nitrogen and oxygen atoms in total. The molecule has 1 fully saturated rings. The van der Waals surface area contributed by atoms with Gasteiger partial charge in [-0.05, 0) is 13.0 Å². The van der Waals surface area contributed by atoms with Crippen LogP contribution in [0.15, 0.2) is 18.2 Å². The highest BCUT2D eigenvalue weighted by atomic mass is 16.5. The number of ether oxygens (including phenoxy) is 1. The van der Waals surface area contributed by atoms with Crippen LogP contribution >= 0.6 is 0 Å². The normalized spacial score (nSPS) is 23.0. The second-order valence-corrected chi connectivity index (χ2v) is 4.74. The summed E-state index contributed by atoms with van der Waals surface area (Å²) in [4.78, 5) is 29.5. The van der Waals surface area contributed by atoms with Crippen LogP contribution in [0.1, 0.15) is 26.5 Å². The van der Waals surface area contributed by atoms with E-state index in [0.29, 0.717) is 18.2 Å². The summed E-state index contributed by atoms with van der Waals surface area (Å²) in [6.07, 6.45) is 0. The molecule has 0 bridgehead atoms. The summed E-state index contributed by atoms with van der Waals surface area (Å²) in [5.41, 5.74) is 0.661. The van der Waals surface area contributed by atoms with Gasteiger partial charge in [-0.15, -0.1) is 0 Å². The number of rotatable bonds is 4. The van der Waals surface area contributed by atoms with Gasteiger partial charge < -0.3 is 4.74 Å². The number of carbonyl (C=O) groups excluding carboxylic acids is 2. The maximum Gasteiger partial charge on any atom is 0.233 e. The highest BCUT2D eigenvalue weighted by Crippen LogP contribution is 2.26. The van der Waals surface area contributed by atoms with Crippen LogP contribution in [0, 0.1) is 11.8 Å². The lowest BCUT2D eigenvalue weighted by molar-refractivity contribution is -0.140. The molecule has 0 radical (unpaired) electrons. The highest BCUT2D eigenvalue weighted by Gasteiger charge is 2.42. The van der Waals surface area contributed by atoms with Gasteiger partial charge in [0.05, 0.1) is 18.8 Å². The lowest BCUT2D eigenvalue weighted by Gasteiger charge is -2.14. The number of amides is 2. The van der Waals surface area contributed by atoms with E-state index in [1.807, 2.05) is 13.0 Å². The molecule has 102 valence electrons. The zero-order valence-corrected chi connectivity index (χ0v) is 11.4. The van der Waals surface area contributed by atoms with E-state index in [0.717, 1.165) is 0 Å². The minimum Gasteiger partial charge on any atom is -0.478 e. The molecule has 0 saturated carbocycles. The molecule has 1 aromatic heterocycles. The van der Waals surface area contributed by atoms with Crippen LogP contribution < -0.4 is 4.74 Å². The van der Waals surface area contributed by atoms with Crippen LogP contribution in [-0.4, -0.2) is 28.3 Å². The summed E-state index contributed by atoms with van der Waals surface area (Å²) in [5, 5.41) is 0. The van der Waals surface area contributed by atoms with Crippen molar-refractivity contribution in [1.29, 1.82) is 0 Å². The maximum atomic E-state index is 12.0. The maximum absolute atomic E-state index is 12.0. The van der Waals surface area contributed by atoms with Crippen molar-refractivity contribution in [2.24, 2.45) is 11.8 Å². The van der Waals surface area contributed by atoms with Crippen LogP contribution in [0.25, 0.3) is 0 Å². The standard InChI is InChI=1S/C14H18N2O3/c1-4-19-12-7-5-6-11(15-12)8-16-13(17)9(2)10(3)14(16)18/h5-7,9-10H,4,8H2,1-3H3/t9-,10+. The average molecular weight is 262 g/mol. The third-order valence-electron chi connectivity index (χ3n) is 3.45. The molecule has 1 aliphatic rings. The van der Waals surface area contributed by atoms with Crippen LogP contribution in [0.3, 0.4) is 0 Å². The molecule has 19 heavy (non-hydrogen) atoms. The van der Waals surface area contributed by atoms with Gasteiger partial charge in [0.1, 0.15) is 0 Å². The van der Waals surface area contributed by atoms with Gasteiger partial charge in [0.2, 0.25) is 17.7 Å². The lowest BCUT2D eigenvalue weighted by Crippen LogP contribution is -2.30. The van der Waals surface area contributed by atoms with Crippen LogP contribution in [-0.2, 0) is 16.1 Å². The Labute approximate surface area is 112 Å². The second-order valence-electron chi connectivity index (χ2n) is 4.74. The smallest absolute Gasteiger partial charge is 0.233 e. The Morgan fingerprint density at radius 2 is 1.84 bits per heavy atom. The fourth-order valence-corrected chi connectivity index (χ4v) is 2.12. The zero-order chi connectivity index (χ0) is 14.0. The summed E-state index contributed by atoms with van der Waals surface area (Å²) in [6, 6.07) is 5.35. The molecule has 2 amide bonds. The monoisotopic (exact) mass is 262 g/mol. The van der Waals surface area contributed by atoms with E-state index in [4.69, 9.17) is 4.74 Å². The Bertz CT molecular complexity index is 481. The highest BCUT2D eigenvalue weighted by molar-refractivity contribution is 6.04. The van der Waals surface area contributed by atoms with Gasteiger partial charge in [-0.2, -0.15) is 0 Å². The lowest BCUT2D eigenvalue weighted by atomic mass is 10.00. The van der Waals surface area contributed by atoms with Crippen LogP contribution in [0.5, 0.6) is 5.88 Å². The number of hydrogen-bond acceptors (Lipinski definition) is 4. The third kappa shape index (κ3) is 2.59. The first-order valence-electron chi connectivity index (χ1n) is 6.48. The quantitative estimate of drug-likeness (QED) is 0.774. The van der Waals surface area contributed by atoms with E-state index in [9.17, 15) is 9.59 Å². The van der Waals surface area contributed by atoms with Gasteiger partial charge >= 0.3 is 0 Å². The minimum absolute atomic E-state index is 0.124. The van der Waals surface area contributed by atoms with Crippen molar-refractivity contribution in [2.45, 2.75) is 27.3 Å². The Balaban J connectivity index is 2.15. The second kappa shape index (κ2) is 5.38. The predicted octanol–water partition coefficient (Wildman–Crippen LogP) is 1.62. The van der Waals surface area contributed by atoms with Gasteiger partial charge in [-0.25, -0.2) is 4.98 Å². The first kappa shape index (κ1) is 13.5. The molecule has 0 aromatic carbocycles. The number of aromatic nitrogens is 1. The molecule has 0 unspecified atom stereocenters. The first-order valence-corrected chi connectivity index (χ1v) is 6.48. The molecule has 1 saturated heterocycles. The van der Waals surface area contributed by atoms with Crippen molar-refractivity contribution < 1.29 is 14.3 Å². The first-order chi connectivity index (χ1) is 9.04. The van der Waals surface area contributed by atoms with Crippen LogP contribution in [0.4, 0.5) is 0 Å². The molecule has 0 spiro atoms. The summed E-state index contributed by atoms with van der Waals surface area (Å²) in [5.74, 6) is -0.229. The van der Waals surface area contributed by atoms with Crippen molar-refractivity contribution in [1.82, 2.24) is 9.88 Å². The average Bonchev–Trinajstić information content (AvgIpc) is 2.58. The number of nitrogens with zero attached hydrogens (tertiary/aromatic N) is 2. The number of likely N-dealkylation sites (tertiary alicyclic amines) is 1. The third-order valence-corrected chi connectivity index (χ3v) is 3.45. The summed E-state index contributed by atoms with van der Waals surface area (Å²) in [7, 11) is 0. The van der Waals surface area contributed by atoms with Gasteiger partial charge in [0.25, 0.3) is 0 Å². The van der Waals surface area contributed by atoms with Crippen molar-refractivity contribution in [3.05, 3.63) is 23.9 Å². The van der Waals surface area contributed by atoms with E-state index in [-0.39, 0.29) is 30.2 Å². The Morgan fingerprint density at radius 3 is 2.42 bits per heavy atom. The van der Waals surface area contributed by atoms with Crippen molar-refractivity contribution in [2.75, 3.05) is 6.61 Å². The van der Waals surface area contributed by atoms with E-state index in [1.54, 1.807) is 26.0 Å². The van der Waals surface area contributed by atoms with E-state index >= 15 is 0 Å². The molecule has 2 atom stereocenters. The van der Waals surface area contributed by atoms with E-state index in [1.165, 1.54) is 4.90 Å². The number of imide groups is 1. The fraction of sp³-hybridized carbons (Fsp3) is 0.500. The molecule has 5 heteroatoms. The molecular weight excluding hydrogens is 244 g/mol. The SMILES string of the molecule is CCOc1cccc(CN2C(=O)[C@@H](C)[C@@H](C)C2=O)n1. The molecule has 2 heterocycles. The Hall–Kier alpha value is -1.91. The largest absolute Gasteiger partial charge is 0.478 e. The summed E-state index contributed by atoms with van der Waals surface area (Å²) in [6.45, 7) is 6.20. The number of hydrogen-bond donors (Lipinski definition) is 0. The molecule has 2 rings (SSSR count). The van der Waals surface area contributed by atoms with Gasteiger partial charge in [-0.1, -0.05) is 19.9 Å². The fourth-order valence-electron chi connectivity index (χ4n) is 2.12. The molecular formula is C14H18N2O3. The summed E-state index contributed by atoms with van der Waals surface area (Å²) >= 11 is 0. The Kier molecular flexibility index (Phi) is 3.83. The van der Waals surface area contributed by atoms with Crippen LogP contribution in [0.2, 0.25) is 0 Å². The van der Waals surface area contributed by atoms with Gasteiger partial charge in [0, 0.05) is 17.9 Å². The molecule has 1 aliphatic heterocycles. The molecule has 0 N–H and O–H groups in total. The van der Waals surface area contributed by atoms with Crippen molar-refractivity contribution in [3.8, 4) is 5.88 Å². The topological polar surface area (TPSA) is 59.5 Å². The van der Waals surface area contributed by atoms with Gasteiger partial charge in [-0.3, -0.25) is 14.5 Å². The van der Waals surface area contributed by atoms with E-state index < -0.39 is 0 Å². The predicted molar refractivity (Wildman–Crippen MR) is 69.3 cm³/mol. The zero-order valence-electron chi connectivity index (χ0n) is 11.4. The van der Waals surface area contributed by atoms with Crippen molar-refractivity contribution >= 4 is 11.8 Å². The van der Waals surface area contributed by atoms with Crippen molar-refractivity contribution in [3.63, 3.8) is 0 Å². The van der Waals surface area contributed by atoms with E-state index in [2.05, 4.69) is 4.98 Å². The Morgan fingerprint density at radius 1 is 1.21 bits per heavy atom.